The van der Waals surface area contributed by atoms with Crippen molar-refractivity contribution < 1.29 is 15.0 Å². The van der Waals surface area contributed by atoms with E-state index in [1.54, 1.807) is 0 Å². The molecular formula is C57H97NO3. The van der Waals surface area contributed by atoms with Gasteiger partial charge < -0.3 is 15.5 Å². The first-order valence-electron chi connectivity index (χ1n) is 25.6. The summed E-state index contributed by atoms with van der Waals surface area (Å²) in [4.78, 5) is 12.4. The zero-order valence-corrected chi connectivity index (χ0v) is 39.9. The van der Waals surface area contributed by atoms with Crippen molar-refractivity contribution in [2.45, 2.75) is 238 Å². The lowest BCUT2D eigenvalue weighted by Crippen LogP contribution is -2.45. The van der Waals surface area contributed by atoms with Crippen molar-refractivity contribution in [2.75, 3.05) is 6.61 Å². The predicted octanol–water partition coefficient (Wildman–Crippen LogP) is 16.7. The molecule has 0 aromatic carbocycles. The van der Waals surface area contributed by atoms with E-state index in [-0.39, 0.29) is 12.5 Å². The summed E-state index contributed by atoms with van der Waals surface area (Å²) in [6.07, 6.45) is 77.5. The molecule has 0 aliphatic heterocycles. The van der Waals surface area contributed by atoms with Crippen LogP contribution in [0.5, 0.6) is 0 Å². The van der Waals surface area contributed by atoms with Gasteiger partial charge in [-0.2, -0.15) is 0 Å². The van der Waals surface area contributed by atoms with Crippen molar-refractivity contribution in [3.05, 3.63) is 109 Å². The summed E-state index contributed by atoms with van der Waals surface area (Å²) < 4.78 is 0. The van der Waals surface area contributed by atoms with E-state index in [4.69, 9.17) is 0 Å². The molecule has 4 nitrogen and oxygen atoms in total. The van der Waals surface area contributed by atoms with Crippen molar-refractivity contribution in [1.82, 2.24) is 5.32 Å². The molecule has 0 aliphatic carbocycles. The third-order valence-electron chi connectivity index (χ3n) is 11.0. The fourth-order valence-corrected chi connectivity index (χ4v) is 7.18. The number of rotatable bonds is 45. The number of nitrogens with one attached hydrogen (secondary N) is 1. The average Bonchev–Trinajstić information content (AvgIpc) is 3.26. The van der Waals surface area contributed by atoms with E-state index in [0.717, 1.165) is 96.3 Å². The second-order valence-corrected chi connectivity index (χ2v) is 16.9. The third-order valence-corrected chi connectivity index (χ3v) is 11.0. The Morgan fingerprint density at radius 2 is 0.721 bits per heavy atom. The fraction of sp³-hybridized carbons (Fsp3) is 0.667. The van der Waals surface area contributed by atoms with Crippen LogP contribution < -0.4 is 5.32 Å². The molecule has 0 bridgehead atoms. The van der Waals surface area contributed by atoms with Crippen LogP contribution in [-0.4, -0.2) is 34.9 Å². The molecule has 0 aliphatic rings. The van der Waals surface area contributed by atoms with Gasteiger partial charge in [0.25, 0.3) is 0 Å². The van der Waals surface area contributed by atoms with Crippen molar-refractivity contribution >= 4 is 5.91 Å². The quantitative estimate of drug-likeness (QED) is 0.0422. The van der Waals surface area contributed by atoms with E-state index in [9.17, 15) is 15.0 Å². The molecule has 348 valence electrons. The molecule has 1 amide bonds. The summed E-state index contributed by atoms with van der Waals surface area (Å²) in [7, 11) is 0. The average molecular weight is 844 g/mol. The zero-order valence-electron chi connectivity index (χ0n) is 39.9. The summed E-state index contributed by atoms with van der Waals surface area (Å²) in [5, 5.41) is 23.2. The Hall–Kier alpha value is -2.95. The first kappa shape index (κ1) is 58.0. The second kappa shape index (κ2) is 51.4. The molecule has 0 heterocycles. The van der Waals surface area contributed by atoms with E-state index in [1.165, 1.54) is 103 Å². The van der Waals surface area contributed by atoms with Crippen molar-refractivity contribution in [2.24, 2.45) is 0 Å². The highest BCUT2D eigenvalue weighted by Gasteiger charge is 2.20. The Balaban J connectivity index is 3.65. The van der Waals surface area contributed by atoms with Crippen LogP contribution in [0.3, 0.4) is 0 Å². The lowest BCUT2D eigenvalue weighted by atomic mass is 10.0. The van der Waals surface area contributed by atoms with Crippen LogP contribution in [0, 0.1) is 0 Å². The molecule has 4 heteroatoms. The van der Waals surface area contributed by atoms with E-state index < -0.39 is 12.1 Å². The van der Waals surface area contributed by atoms with Crippen LogP contribution in [-0.2, 0) is 4.79 Å². The van der Waals surface area contributed by atoms with Crippen molar-refractivity contribution in [3.8, 4) is 0 Å². The molecule has 0 spiro atoms. The molecule has 0 saturated heterocycles. The van der Waals surface area contributed by atoms with Crippen LogP contribution in [0.4, 0.5) is 0 Å². The van der Waals surface area contributed by atoms with Gasteiger partial charge in [-0.3, -0.25) is 4.79 Å². The van der Waals surface area contributed by atoms with Gasteiger partial charge in [0, 0.05) is 6.42 Å². The highest BCUT2D eigenvalue weighted by Crippen LogP contribution is 2.15. The SMILES string of the molecule is CC/C=C\C/C=C\C/C=C\C/C=C\C/C=C\C/C=C\C/C=C\C/C=C\C/C=C\CCCCCCCC(=O)NC(CO)C(O)CCCCCCCCCCCCCCCCCC. The molecule has 2 atom stereocenters. The highest BCUT2D eigenvalue weighted by atomic mass is 16.3. The summed E-state index contributed by atoms with van der Waals surface area (Å²) in [5.41, 5.74) is 0. The normalized spacial score (nSPS) is 13.8. The Kier molecular flexibility index (Phi) is 48.9. The Bertz CT molecular complexity index is 1180. The molecule has 0 radical (unpaired) electrons. The Morgan fingerprint density at radius 1 is 0.410 bits per heavy atom. The first-order chi connectivity index (χ1) is 30.2. The van der Waals surface area contributed by atoms with Crippen LogP contribution in [0.15, 0.2) is 109 Å². The van der Waals surface area contributed by atoms with Crippen LogP contribution in [0.2, 0.25) is 0 Å². The summed E-state index contributed by atoms with van der Waals surface area (Å²) in [6, 6.07) is -0.555. The molecule has 61 heavy (non-hydrogen) atoms. The summed E-state index contributed by atoms with van der Waals surface area (Å²) in [6.45, 7) is 4.23. The third kappa shape index (κ3) is 47.9. The van der Waals surface area contributed by atoms with Gasteiger partial charge in [0.1, 0.15) is 0 Å². The second-order valence-electron chi connectivity index (χ2n) is 16.9. The van der Waals surface area contributed by atoms with Gasteiger partial charge in [0.2, 0.25) is 5.91 Å². The smallest absolute Gasteiger partial charge is 0.220 e. The highest BCUT2D eigenvalue weighted by molar-refractivity contribution is 5.76. The van der Waals surface area contributed by atoms with Crippen LogP contribution in [0.1, 0.15) is 226 Å². The Labute approximate surface area is 378 Å². The molecule has 3 N–H and O–H groups in total. The number of amides is 1. The maximum absolute atomic E-state index is 12.4. The minimum Gasteiger partial charge on any atom is -0.394 e. The molecular weight excluding hydrogens is 747 g/mol. The molecule has 0 aromatic heterocycles. The number of carbonyl (C=O) groups excluding carboxylic acids is 1. The van der Waals surface area contributed by atoms with E-state index in [1.807, 2.05) is 0 Å². The molecule has 0 saturated carbocycles. The fourth-order valence-electron chi connectivity index (χ4n) is 7.18. The van der Waals surface area contributed by atoms with E-state index in [2.05, 4.69) is 129 Å². The predicted molar refractivity (Wildman–Crippen MR) is 271 cm³/mol. The van der Waals surface area contributed by atoms with Gasteiger partial charge in [0.05, 0.1) is 18.8 Å². The van der Waals surface area contributed by atoms with Crippen molar-refractivity contribution in [3.63, 3.8) is 0 Å². The maximum atomic E-state index is 12.4. The number of aliphatic hydroxyl groups is 2. The lowest BCUT2D eigenvalue weighted by Gasteiger charge is -2.22. The standard InChI is InChI=1S/C57H97NO3/c1-3-5-7-9-11-13-15-17-19-21-22-23-24-25-26-27-28-29-30-31-32-33-34-35-36-37-39-41-43-45-47-49-51-53-57(61)58-55(54-59)56(60)52-50-48-46-44-42-40-38-20-18-16-14-12-10-8-6-4-2/h5,7,11,13,17,19,22-23,25-26,28-29,31-32,34-35,37,39,55-56,59-60H,3-4,6,8-10,12,14-16,18,20-21,24,27,30,33,36,38,40-54H2,1-2H3,(H,58,61)/b7-5-,13-11-,19-17-,23-22-,26-25-,29-28-,32-31-,35-34-,39-37-. The minimum absolute atomic E-state index is 0.0542. The van der Waals surface area contributed by atoms with Crippen molar-refractivity contribution in [1.29, 1.82) is 0 Å². The largest absolute Gasteiger partial charge is 0.394 e. The monoisotopic (exact) mass is 844 g/mol. The zero-order chi connectivity index (χ0) is 44.2. The molecule has 2 unspecified atom stereocenters. The molecule has 0 fully saturated rings. The number of hydrogen-bond donors (Lipinski definition) is 3. The maximum Gasteiger partial charge on any atom is 0.220 e. The minimum atomic E-state index is -0.675. The molecule has 0 aromatic rings. The molecule has 0 rings (SSSR count). The van der Waals surface area contributed by atoms with Gasteiger partial charge >= 0.3 is 0 Å². The van der Waals surface area contributed by atoms with E-state index in [0.29, 0.717) is 12.8 Å². The Morgan fingerprint density at radius 3 is 1.08 bits per heavy atom. The van der Waals surface area contributed by atoms with Gasteiger partial charge in [-0.05, 0) is 83.5 Å². The first-order valence-corrected chi connectivity index (χ1v) is 25.6. The van der Waals surface area contributed by atoms with E-state index >= 15 is 0 Å². The van der Waals surface area contributed by atoms with Gasteiger partial charge in [-0.25, -0.2) is 0 Å². The van der Waals surface area contributed by atoms with Gasteiger partial charge in [-0.15, -0.1) is 0 Å². The topological polar surface area (TPSA) is 69.6 Å². The summed E-state index contributed by atoms with van der Waals surface area (Å²) >= 11 is 0. The van der Waals surface area contributed by atoms with Crippen LogP contribution in [0.25, 0.3) is 0 Å². The number of unbranched alkanes of at least 4 members (excludes halogenated alkanes) is 20. The van der Waals surface area contributed by atoms with Crippen LogP contribution >= 0.6 is 0 Å². The lowest BCUT2D eigenvalue weighted by molar-refractivity contribution is -0.123. The number of aliphatic hydroxyl groups excluding tert-OH is 2. The number of carbonyl (C=O) groups is 1. The number of allylic oxidation sites excluding steroid dienone is 18. The summed E-state index contributed by atoms with van der Waals surface area (Å²) in [5.74, 6) is -0.0542. The van der Waals surface area contributed by atoms with Gasteiger partial charge in [-0.1, -0.05) is 245 Å². The van der Waals surface area contributed by atoms with Gasteiger partial charge in [0.15, 0.2) is 0 Å². The number of hydrogen-bond acceptors (Lipinski definition) is 3.